The fourth-order valence-electron chi connectivity index (χ4n) is 3.38. The number of carbonyl (C=O) groups is 2. The Morgan fingerprint density at radius 1 is 1.19 bits per heavy atom. The predicted octanol–water partition coefficient (Wildman–Crippen LogP) is 4.16. The number of aromatic carboxylic acids is 1. The van der Waals surface area contributed by atoms with E-state index in [1.165, 1.54) is 0 Å². The molecular weight excluding hydrogens is 340 g/mol. The minimum atomic E-state index is -1.01. The molecule has 2 aromatic rings. The molecule has 0 unspecified atom stereocenters. The van der Waals surface area contributed by atoms with Crippen LogP contribution in [0.15, 0.2) is 53.5 Å². The third kappa shape index (κ3) is 4.08. The number of carboxylic acids is 1. The number of nitrogens with zero attached hydrogens (tertiary/aromatic N) is 2. The Kier molecular flexibility index (Phi) is 5.40. The van der Waals surface area contributed by atoms with Crippen LogP contribution < -0.4 is 4.90 Å². The smallest absolute Gasteiger partial charge is 0.335 e. The van der Waals surface area contributed by atoms with E-state index in [2.05, 4.69) is 18.8 Å². The largest absolute Gasteiger partial charge is 0.478 e. The maximum absolute atomic E-state index is 13.3. The Morgan fingerprint density at radius 2 is 1.89 bits per heavy atom. The Balaban J connectivity index is 2.12. The third-order valence-corrected chi connectivity index (χ3v) is 4.70. The van der Waals surface area contributed by atoms with Gasteiger partial charge in [-0.1, -0.05) is 50.2 Å². The first-order chi connectivity index (χ1) is 12.9. The van der Waals surface area contributed by atoms with E-state index in [0.29, 0.717) is 24.6 Å². The molecule has 0 spiro atoms. The Hall–Kier alpha value is -2.95. The first kappa shape index (κ1) is 18.8. The van der Waals surface area contributed by atoms with E-state index in [-0.39, 0.29) is 11.5 Å². The van der Waals surface area contributed by atoms with E-state index in [4.69, 9.17) is 0 Å². The summed E-state index contributed by atoms with van der Waals surface area (Å²) in [5.74, 6) is -0.777. The number of hydrogen-bond donors (Lipinski definition) is 1. The van der Waals surface area contributed by atoms with Gasteiger partial charge in [0.05, 0.1) is 17.8 Å². The van der Waals surface area contributed by atoms with E-state index in [1.807, 2.05) is 37.3 Å². The molecule has 1 amide bonds. The maximum Gasteiger partial charge on any atom is 0.335 e. The molecule has 3 rings (SSSR count). The average Bonchev–Trinajstić information content (AvgIpc) is 2.73. The van der Waals surface area contributed by atoms with Gasteiger partial charge in [0.1, 0.15) is 6.04 Å². The average molecular weight is 364 g/mol. The molecule has 1 heterocycles. The molecule has 0 aromatic heterocycles. The number of anilines is 1. The van der Waals surface area contributed by atoms with Crippen molar-refractivity contribution >= 4 is 23.3 Å². The van der Waals surface area contributed by atoms with Crippen molar-refractivity contribution in [2.24, 2.45) is 10.9 Å². The highest BCUT2D eigenvalue weighted by Crippen LogP contribution is 2.30. The molecule has 5 heteroatoms. The summed E-state index contributed by atoms with van der Waals surface area (Å²) >= 11 is 0. The predicted molar refractivity (Wildman–Crippen MR) is 106 cm³/mol. The van der Waals surface area contributed by atoms with Crippen LogP contribution in [0.3, 0.4) is 0 Å². The number of aliphatic imine (C=N–C) groups is 1. The molecule has 1 N–H and O–H groups in total. The Morgan fingerprint density at radius 3 is 2.52 bits per heavy atom. The fraction of sp³-hybridized carbons (Fsp3) is 0.318. The molecule has 0 aliphatic carbocycles. The van der Waals surface area contributed by atoms with Crippen LogP contribution >= 0.6 is 0 Å². The third-order valence-electron chi connectivity index (χ3n) is 4.70. The van der Waals surface area contributed by atoms with Crippen molar-refractivity contribution in [3.63, 3.8) is 0 Å². The van der Waals surface area contributed by atoms with Crippen LogP contribution in [0.25, 0.3) is 0 Å². The van der Waals surface area contributed by atoms with Crippen LogP contribution in [-0.2, 0) is 11.3 Å². The van der Waals surface area contributed by atoms with Crippen molar-refractivity contribution in [1.29, 1.82) is 0 Å². The molecular formula is C22H24N2O3. The summed E-state index contributed by atoms with van der Waals surface area (Å²) in [5, 5.41) is 9.40. The first-order valence-electron chi connectivity index (χ1n) is 9.14. The minimum Gasteiger partial charge on any atom is -0.478 e. The summed E-state index contributed by atoms with van der Waals surface area (Å²) in [7, 11) is 0. The zero-order valence-corrected chi connectivity index (χ0v) is 15.8. The van der Waals surface area contributed by atoms with Gasteiger partial charge in [-0.3, -0.25) is 9.79 Å². The Bertz CT molecular complexity index is 888. The molecule has 1 aliphatic heterocycles. The molecule has 5 nitrogen and oxygen atoms in total. The molecule has 1 atom stereocenters. The van der Waals surface area contributed by atoms with E-state index in [0.717, 1.165) is 16.8 Å². The van der Waals surface area contributed by atoms with Gasteiger partial charge in [-0.25, -0.2) is 4.79 Å². The summed E-state index contributed by atoms with van der Waals surface area (Å²) in [6, 6.07) is 14.1. The van der Waals surface area contributed by atoms with Crippen LogP contribution in [0.2, 0.25) is 0 Å². The topological polar surface area (TPSA) is 70.0 Å². The Labute approximate surface area is 159 Å². The monoisotopic (exact) mass is 364 g/mol. The standard InChI is InChI=1S/C22H24N2O3/c1-14(2)11-19-21(25)24(13-16-7-5-4-6-8-16)20-12-17(22(26)27)9-10-18(20)15(3)23-19/h4-10,12,14,19H,11,13H2,1-3H3,(H,26,27)/t19-/m1/s1. The number of hydrogen-bond acceptors (Lipinski definition) is 3. The van der Waals surface area contributed by atoms with Crippen molar-refractivity contribution in [2.75, 3.05) is 4.90 Å². The van der Waals surface area contributed by atoms with E-state index >= 15 is 0 Å². The number of fused-ring (bicyclic) bond motifs is 1. The van der Waals surface area contributed by atoms with Crippen molar-refractivity contribution in [2.45, 2.75) is 39.8 Å². The summed E-state index contributed by atoms with van der Waals surface area (Å²) < 4.78 is 0. The number of benzodiazepines with no additional fused rings is 1. The van der Waals surface area contributed by atoms with E-state index in [1.54, 1.807) is 23.1 Å². The zero-order valence-electron chi connectivity index (χ0n) is 15.8. The van der Waals surface area contributed by atoms with Crippen molar-refractivity contribution < 1.29 is 14.7 Å². The van der Waals surface area contributed by atoms with Crippen LogP contribution in [0.1, 0.15) is 48.7 Å². The van der Waals surface area contributed by atoms with Gasteiger partial charge in [-0.15, -0.1) is 0 Å². The quantitative estimate of drug-likeness (QED) is 0.866. The van der Waals surface area contributed by atoms with Crippen molar-refractivity contribution in [3.8, 4) is 0 Å². The van der Waals surface area contributed by atoms with Gasteiger partial charge in [0.25, 0.3) is 5.91 Å². The molecule has 1 aliphatic rings. The van der Waals surface area contributed by atoms with E-state index < -0.39 is 12.0 Å². The normalized spacial score (nSPS) is 16.7. The number of rotatable bonds is 5. The lowest BCUT2D eigenvalue weighted by Crippen LogP contribution is -2.38. The molecule has 0 bridgehead atoms. The highest BCUT2D eigenvalue weighted by atomic mass is 16.4. The highest BCUT2D eigenvalue weighted by Gasteiger charge is 2.31. The second-order valence-corrected chi connectivity index (χ2v) is 7.31. The number of carbonyl (C=O) groups excluding carboxylic acids is 1. The number of benzene rings is 2. The lowest BCUT2D eigenvalue weighted by atomic mass is 10.0. The molecule has 140 valence electrons. The van der Waals surface area contributed by atoms with Crippen molar-refractivity contribution in [1.82, 2.24) is 0 Å². The van der Waals surface area contributed by atoms with Crippen LogP contribution in [0, 0.1) is 5.92 Å². The van der Waals surface area contributed by atoms with Crippen LogP contribution in [0.5, 0.6) is 0 Å². The molecule has 2 aromatic carbocycles. The molecule has 0 saturated heterocycles. The summed E-state index contributed by atoms with van der Waals surface area (Å²) in [5.41, 5.74) is 3.32. The zero-order chi connectivity index (χ0) is 19.6. The lowest BCUT2D eigenvalue weighted by Gasteiger charge is -2.26. The van der Waals surface area contributed by atoms with Crippen LogP contribution in [-0.4, -0.2) is 28.7 Å². The number of amides is 1. The number of carboxylic acid groups (broad SMARTS) is 1. The van der Waals surface area contributed by atoms with Gasteiger partial charge in [0.15, 0.2) is 0 Å². The summed E-state index contributed by atoms with van der Waals surface area (Å²) in [6.45, 7) is 6.40. The van der Waals surface area contributed by atoms with Crippen molar-refractivity contribution in [3.05, 3.63) is 65.2 Å². The summed E-state index contributed by atoms with van der Waals surface area (Å²) in [6.07, 6.45) is 0.654. The molecule has 0 fully saturated rings. The van der Waals surface area contributed by atoms with Gasteiger partial charge in [-0.05, 0) is 37.0 Å². The van der Waals surface area contributed by atoms with Gasteiger partial charge in [-0.2, -0.15) is 0 Å². The van der Waals surface area contributed by atoms with E-state index in [9.17, 15) is 14.7 Å². The molecule has 0 saturated carbocycles. The van der Waals surface area contributed by atoms with Gasteiger partial charge < -0.3 is 10.0 Å². The van der Waals surface area contributed by atoms with Crippen LogP contribution in [0.4, 0.5) is 5.69 Å². The molecule has 27 heavy (non-hydrogen) atoms. The van der Waals surface area contributed by atoms with Gasteiger partial charge >= 0.3 is 5.97 Å². The summed E-state index contributed by atoms with van der Waals surface area (Å²) in [4.78, 5) is 31.2. The molecule has 0 radical (unpaired) electrons. The lowest BCUT2D eigenvalue weighted by molar-refractivity contribution is -0.120. The highest BCUT2D eigenvalue weighted by molar-refractivity contribution is 6.12. The minimum absolute atomic E-state index is 0.0896. The SMILES string of the molecule is CC1=N[C@H](CC(C)C)C(=O)N(Cc2ccccc2)c2cc(C(=O)O)ccc21. The fourth-order valence-corrected chi connectivity index (χ4v) is 3.38. The van der Waals surface area contributed by atoms with Gasteiger partial charge in [0.2, 0.25) is 0 Å². The maximum atomic E-state index is 13.3. The second-order valence-electron chi connectivity index (χ2n) is 7.31. The van der Waals surface area contributed by atoms with Gasteiger partial charge in [0, 0.05) is 11.3 Å². The first-order valence-corrected chi connectivity index (χ1v) is 9.14. The second kappa shape index (κ2) is 7.74.